The first kappa shape index (κ1) is 15.7. The second-order valence-corrected chi connectivity index (χ2v) is 8.55. The molecule has 4 aliphatic rings. The van der Waals surface area contributed by atoms with Gasteiger partial charge in [0.05, 0.1) is 24.2 Å². The van der Waals surface area contributed by atoms with Crippen LogP contribution in [0.1, 0.15) is 51.4 Å². The molecule has 1 aromatic carbocycles. The van der Waals surface area contributed by atoms with E-state index < -0.39 is 6.23 Å². The second-order valence-electron chi connectivity index (χ2n) is 8.55. The molecule has 0 saturated heterocycles. The lowest BCUT2D eigenvalue weighted by atomic mass is 9.94. The number of hydrogen-bond acceptors (Lipinski definition) is 4. The third kappa shape index (κ3) is 2.66. The molecular formula is C21H28N2O2. The van der Waals surface area contributed by atoms with Gasteiger partial charge >= 0.3 is 0 Å². The van der Waals surface area contributed by atoms with Gasteiger partial charge in [-0.15, -0.1) is 0 Å². The normalized spacial score (nSPS) is 37.1. The molecular weight excluding hydrogens is 312 g/mol. The number of fused-ring (bicyclic) bond motifs is 3. The highest BCUT2D eigenvalue weighted by molar-refractivity contribution is 5.97. The maximum atomic E-state index is 10.3. The van der Waals surface area contributed by atoms with Gasteiger partial charge in [-0.1, -0.05) is 6.42 Å². The zero-order valence-electron chi connectivity index (χ0n) is 15.0. The fourth-order valence-electron chi connectivity index (χ4n) is 5.65. The smallest absolute Gasteiger partial charge is 0.164 e. The first-order valence-corrected chi connectivity index (χ1v) is 9.90. The molecule has 25 heavy (non-hydrogen) atoms. The molecule has 0 radical (unpaired) electrons. The van der Waals surface area contributed by atoms with Crippen LogP contribution in [0.5, 0.6) is 5.75 Å². The highest BCUT2D eigenvalue weighted by Crippen LogP contribution is 2.76. The fourth-order valence-corrected chi connectivity index (χ4v) is 5.65. The predicted molar refractivity (Wildman–Crippen MR) is 99.6 cm³/mol. The molecule has 2 N–H and O–H groups in total. The lowest BCUT2D eigenvalue weighted by Crippen LogP contribution is -2.31. The summed E-state index contributed by atoms with van der Waals surface area (Å²) >= 11 is 0. The molecule has 0 amide bonds. The van der Waals surface area contributed by atoms with E-state index in [1.165, 1.54) is 38.5 Å². The number of nitrogens with one attached hydrogen (secondary N) is 1. The summed E-state index contributed by atoms with van der Waals surface area (Å²) in [5, 5.41) is 13.5. The van der Waals surface area contributed by atoms with Gasteiger partial charge in [0.2, 0.25) is 0 Å². The lowest BCUT2D eigenvalue weighted by Gasteiger charge is -2.23. The standard InChI is InChI=1S/C21H28N2O2/c1-25-15-6-7-17-19(11-15)23-20(24)18(22-17)5-3-2-4-14-12-21(14)9-8-13-10-16(13)21/h6-7,11,13-14,16,20,23-24H,2-5,8-10,12H2,1H3/t13?,14?,16?,20?,21-/m0/s1. The molecule has 4 nitrogen and oxygen atoms in total. The van der Waals surface area contributed by atoms with E-state index in [9.17, 15) is 5.11 Å². The Hall–Kier alpha value is -1.55. The van der Waals surface area contributed by atoms with E-state index in [1.54, 1.807) is 7.11 Å². The number of methoxy groups -OCH3 is 1. The van der Waals surface area contributed by atoms with Gasteiger partial charge in [-0.3, -0.25) is 4.99 Å². The SMILES string of the molecule is COc1ccc2c(c1)NC(O)C(CCCCC1C[C@@]13CCC1CC13)=N2. The Kier molecular flexibility index (Phi) is 3.60. The van der Waals surface area contributed by atoms with E-state index >= 15 is 0 Å². The third-order valence-corrected chi connectivity index (χ3v) is 7.23. The molecule has 4 heteroatoms. The van der Waals surface area contributed by atoms with Crippen LogP contribution in [0.25, 0.3) is 0 Å². The van der Waals surface area contributed by atoms with E-state index in [4.69, 9.17) is 4.74 Å². The lowest BCUT2D eigenvalue weighted by molar-refractivity contribution is 0.266. The monoisotopic (exact) mass is 340 g/mol. The van der Waals surface area contributed by atoms with Gasteiger partial charge in [-0.2, -0.15) is 0 Å². The van der Waals surface area contributed by atoms with Gasteiger partial charge in [0.25, 0.3) is 0 Å². The van der Waals surface area contributed by atoms with Crippen molar-refractivity contribution in [3.63, 3.8) is 0 Å². The topological polar surface area (TPSA) is 53.8 Å². The number of unbranched alkanes of at least 4 members (excludes halogenated alkanes) is 1. The zero-order valence-corrected chi connectivity index (χ0v) is 15.0. The van der Waals surface area contributed by atoms with Crippen molar-refractivity contribution in [1.29, 1.82) is 0 Å². The van der Waals surface area contributed by atoms with E-state index in [1.807, 2.05) is 18.2 Å². The Balaban J connectivity index is 1.14. The fraction of sp³-hybridized carbons (Fsp3) is 0.667. The molecule has 1 spiro atoms. The van der Waals surface area contributed by atoms with Gasteiger partial charge in [0.1, 0.15) is 5.75 Å². The average Bonchev–Trinajstić information content (AvgIpc) is 3.50. The summed E-state index contributed by atoms with van der Waals surface area (Å²) in [5.74, 6) is 4.01. The molecule has 3 fully saturated rings. The number of anilines is 1. The van der Waals surface area contributed by atoms with Crippen molar-refractivity contribution in [3.05, 3.63) is 18.2 Å². The highest BCUT2D eigenvalue weighted by atomic mass is 16.5. The van der Waals surface area contributed by atoms with Crippen LogP contribution in [0, 0.1) is 23.2 Å². The first-order chi connectivity index (χ1) is 12.2. The molecule has 0 aromatic heterocycles. The van der Waals surface area contributed by atoms with E-state index in [0.29, 0.717) is 0 Å². The number of ether oxygens (including phenoxy) is 1. The highest BCUT2D eigenvalue weighted by Gasteiger charge is 2.68. The molecule has 3 aliphatic carbocycles. The van der Waals surface area contributed by atoms with E-state index in [0.717, 1.165) is 58.8 Å². The van der Waals surface area contributed by atoms with Gasteiger partial charge < -0.3 is 15.2 Å². The number of rotatable bonds is 6. The van der Waals surface area contributed by atoms with Crippen molar-refractivity contribution < 1.29 is 9.84 Å². The predicted octanol–water partition coefficient (Wildman–Crippen LogP) is 4.51. The summed E-state index contributed by atoms with van der Waals surface area (Å²) in [5.41, 5.74) is 3.40. The maximum absolute atomic E-state index is 10.3. The molecule has 1 heterocycles. The van der Waals surface area contributed by atoms with E-state index in [2.05, 4.69) is 10.3 Å². The molecule has 5 rings (SSSR count). The first-order valence-electron chi connectivity index (χ1n) is 9.90. The molecule has 134 valence electrons. The molecule has 4 unspecified atom stereocenters. The summed E-state index contributed by atoms with van der Waals surface area (Å²) in [6.07, 6.45) is 10.1. The number of nitrogens with zero attached hydrogens (tertiary/aromatic N) is 1. The van der Waals surface area contributed by atoms with Crippen LogP contribution < -0.4 is 10.1 Å². The minimum atomic E-state index is -0.672. The van der Waals surface area contributed by atoms with Crippen molar-refractivity contribution >= 4 is 17.1 Å². The Morgan fingerprint density at radius 3 is 3.04 bits per heavy atom. The van der Waals surface area contributed by atoms with Crippen molar-refractivity contribution in [1.82, 2.24) is 0 Å². The number of aliphatic hydroxyl groups excluding tert-OH is 1. The summed E-state index contributed by atoms with van der Waals surface area (Å²) in [7, 11) is 1.65. The number of aliphatic imine (C=N–C) groups is 1. The summed E-state index contributed by atoms with van der Waals surface area (Å²) in [4.78, 5) is 4.67. The van der Waals surface area contributed by atoms with Gasteiger partial charge in [0.15, 0.2) is 6.23 Å². The van der Waals surface area contributed by atoms with E-state index in [-0.39, 0.29) is 0 Å². The Morgan fingerprint density at radius 1 is 1.36 bits per heavy atom. The Morgan fingerprint density at radius 2 is 2.28 bits per heavy atom. The summed E-state index contributed by atoms with van der Waals surface area (Å²) in [6, 6.07) is 5.75. The molecule has 1 aromatic rings. The van der Waals surface area contributed by atoms with Crippen LogP contribution in [0.4, 0.5) is 11.4 Å². The van der Waals surface area contributed by atoms with Crippen LogP contribution in [0.15, 0.2) is 23.2 Å². The van der Waals surface area contributed by atoms with Crippen molar-refractivity contribution in [2.24, 2.45) is 28.2 Å². The number of hydrogen-bond donors (Lipinski definition) is 2. The summed E-state index contributed by atoms with van der Waals surface area (Å²) in [6.45, 7) is 0. The summed E-state index contributed by atoms with van der Waals surface area (Å²) < 4.78 is 5.23. The molecule has 3 saturated carbocycles. The van der Waals surface area contributed by atoms with Crippen LogP contribution >= 0.6 is 0 Å². The Labute approximate surface area is 149 Å². The maximum Gasteiger partial charge on any atom is 0.164 e. The van der Waals surface area contributed by atoms with Gasteiger partial charge in [-0.25, -0.2) is 0 Å². The molecule has 5 atom stereocenters. The zero-order chi connectivity index (χ0) is 17.0. The van der Waals surface area contributed by atoms with Crippen LogP contribution in [-0.4, -0.2) is 24.2 Å². The van der Waals surface area contributed by atoms with Crippen molar-refractivity contribution in [2.45, 2.75) is 57.6 Å². The van der Waals surface area contributed by atoms with Crippen molar-refractivity contribution in [3.8, 4) is 5.75 Å². The second kappa shape index (κ2) is 5.73. The molecule has 1 aliphatic heterocycles. The quantitative estimate of drug-likeness (QED) is 0.749. The average molecular weight is 340 g/mol. The van der Waals surface area contributed by atoms with Crippen LogP contribution in [-0.2, 0) is 0 Å². The van der Waals surface area contributed by atoms with Gasteiger partial charge in [-0.05, 0) is 80.2 Å². The van der Waals surface area contributed by atoms with Gasteiger partial charge in [0, 0.05) is 6.07 Å². The van der Waals surface area contributed by atoms with Crippen LogP contribution in [0.2, 0.25) is 0 Å². The largest absolute Gasteiger partial charge is 0.497 e. The minimum Gasteiger partial charge on any atom is -0.497 e. The minimum absolute atomic E-state index is 0.672. The number of aliphatic hydroxyl groups is 1. The van der Waals surface area contributed by atoms with Crippen molar-refractivity contribution in [2.75, 3.05) is 12.4 Å². The third-order valence-electron chi connectivity index (χ3n) is 7.23. The van der Waals surface area contributed by atoms with Crippen LogP contribution in [0.3, 0.4) is 0 Å². The Bertz CT molecular complexity index is 716. The molecule has 0 bridgehead atoms. The number of benzene rings is 1.